The van der Waals surface area contributed by atoms with Gasteiger partial charge >= 0.3 is 5.97 Å². The molecule has 0 radical (unpaired) electrons. The molecule has 0 aliphatic heterocycles. The van der Waals surface area contributed by atoms with Crippen LogP contribution < -0.4 is 0 Å². The van der Waals surface area contributed by atoms with Crippen LogP contribution in [0.5, 0.6) is 0 Å². The lowest BCUT2D eigenvalue weighted by atomic mass is 10.2. The second-order valence-corrected chi connectivity index (χ2v) is 3.46. The molecular formula is C12H14N2O3. The number of aryl methyl sites for hydroxylation is 1. The van der Waals surface area contributed by atoms with Crippen molar-refractivity contribution in [2.45, 2.75) is 13.8 Å². The Labute approximate surface area is 99.4 Å². The zero-order valence-electron chi connectivity index (χ0n) is 9.97. The van der Waals surface area contributed by atoms with Gasteiger partial charge in [0.05, 0.1) is 12.8 Å². The third kappa shape index (κ3) is 3.71. The van der Waals surface area contributed by atoms with Crippen LogP contribution in [-0.2, 0) is 9.53 Å². The van der Waals surface area contributed by atoms with Gasteiger partial charge in [0.15, 0.2) is 0 Å². The highest BCUT2D eigenvalue weighted by Gasteiger charge is 2.12. The second-order valence-electron chi connectivity index (χ2n) is 3.46. The number of nitrogens with zero attached hydrogens (tertiary/aromatic N) is 2. The Bertz CT molecular complexity index is 474. The molecule has 0 heterocycles. The number of benzene rings is 1. The number of hydrogen-bond donors (Lipinski definition) is 1. The molecule has 0 aliphatic rings. The number of allylic oxidation sites excluding steroid dienone is 1. The summed E-state index contributed by atoms with van der Waals surface area (Å²) in [5.74, 6) is -0.949. The molecule has 0 aromatic heterocycles. The summed E-state index contributed by atoms with van der Waals surface area (Å²) in [5.41, 5.74) is 1.44. The molecule has 0 fully saturated rings. The highest BCUT2D eigenvalue weighted by Crippen LogP contribution is 2.16. The second kappa shape index (κ2) is 5.79. The van der Waals surface area contributed by atoms with Gasteiger partial charge in [0, 0.05) is 0 Å². The predicted molar refractivity (Wildman–Crippen MR) is 63.0 cm³/mol. The number of aliphatic hydroxyl groups excluding tert-OH is 1. The molecule has 1 N–H and O–H groups in total. The number of aliphatic hydroxyl groups is 1. The average molecular weight is 234 g/mol. The van der Waals surface area contributed by atoms with Crippen molar-refractivity contribution in [1.29, 1.82) is 0 Å². The number of carbonyl (C=O) groups is 1. The molecule has 0 unspecified atom stereocenters. The van der Waals surface area contributed by atoms with E-state index in [4.69, 9.17) is 0 Å². The molecule has 5 heteroatoms. The van der Waals surface area contributed by atoms with Crippen molar-refractivity contribution in [3.05, 3.63) is 41.3 Å². The molecular weight excluding hydrogens is 220 g/mol. The minimum absolute atomic E-state index is 0.200. The summed E-state index contributed by atoms with van der Waals surface area (Å²) in [6.07, 6.45) is 0. The molecule has 0 atom stereocenters. The van der Waals surface area contributed by atoms with Crippen LogP contribution in [0.4, 0.5) is 5.69 Å². The van der Waals surface area contributed by atoms with Crippen LogP contribution in [0.1, 0.15) is 12.5 Å². The Morgan fingerprint density at radius 3 is 2.65 bits per heavy atom. The van der Waals surface area contributed by atoms with Gasteiger partial charge in [0.25, 0.3) is 0 Å². The number of ether oxygens (including phenoxy) is 1. The number of azo groups is 1. The number of carbonyl (C=O) groups excluding carboxylic acids is 1. The van der Waals surface area contributed by atoms with Crippen molar-refractivity contribution >= 4 is 11.7 Å². The van der Waals surface area contributed by atoms with E-state index in [0.717, 1.165) is 5.56 Å². The lowest BCUT2D eigenvalue weighted by Crippen LogP contribution is -2.04. The zero-order valence-corrected chi connectivity index (χ0v) is 9.97. The topological polar surface area (TPSA) is 71.2 Å². The molecule has 0 saturated carbocycles. The maximum atomic E-state index is 11.2. The fraction of sp³-hybridized carbons (Fsp3) is 0.250. The molecule has 0 saturated heterocycles. The first-order valence-electron chi connectivity index (χ1n) is 5.01. The summed E-state index contributed by atoms with van der Waals surface area (Å²) in [6, 6.07) is 7.31. The van der Waals surface area contributed by atoms with E-state index in [1.165, 1.54) is 14.0 Å². The van der Waals surface area contributed by atoms with Gasteiger partial charge in [-0.3, -0.25) is 0 Å². The van der Waals surface area contributed by atoms with E-state index in [9.17, 15) is 9.90 Å². The molecule has 1 aromatic rings. The largest absolute Gasteiger partial charge is 0.510 e. The van der Waals surface area contributed by atoms with E-state index in [2.05, 4.69) is 15.0 Å². The first-order chi connectivity index (χ1) is 8.04. The summed E-state index contributed by atoms with van der Waals surface area (Å²) < 4.78 is 4.48. The Balaban J connectivity index is 2.96. The van der Waals surface area contributed by atoms with E-state index in [1.807, 2.05) is 25.1 Å². The summed E-state index contributed by atoms with van der Waals surface area (Å²) >= 11 is 0. The Kier molecular flexibility index (Phi) is 4.39. The Hall–Kier alpha value is -2.17. The monoisotopic (exact) mass is 234 g/mol. The van der Waals surface area contributed by atoms with Crippen LogP contribution in [0, 0.1) is 6.92 Å². The smallest absolute Gasteiger partial charge is 0.362 e. The van der Waals surface area contributed by atoms with E-state index in [-0.39, 0.29) is 11.5 Å². The minimum Gasteiger partial charge on any atom is -0.510 e. The number of methoxy groups -OCH3 is 1. The lowest BCUT2D eigenvalue weighted by molar-refractivity contribution is -0.136. The van der Waals surface area contributed by atoms with Crippen molar-refractivity contribution in [2.24, 2.45) is 10.2 Å². The third-order valence-corrected chi connectivity index (χ3v) is 1.99. The molecule has 17 heavy (non-hydrogen) atoms. The molecule has 0 bridgehead atoms. The summed E-state index contributed by atoms with van der Waals surface area (Å²) in [4.78, 5) is 11.2. The van der Waals surface area contributed by atoms with E-state index in [1.54, 1.807) is 6.07 Å². The van der Waals surface area contributed by atoms with Crippen LogP contribution in [0.2, 0.25) is 0 Å². The molecule has 0 amide bonds. The normalized spacial score (nSPS) is 12.4. The fourth-order valence-electron chi connectivity index (χ4n) is 1.16. The number of hydrogen-bond acceptors (Lipinski definition) is 5. The summed E-state index contributed by atoms with van der Waals surface area (Å²) in [6.45, 7) is 3.27. The number of esters is 1. The Morgan fingerprint density at radius 1 is 1.41 bits per heavy atom. The predicted octanol–water partition coefficient (Wildman–Crippen LogP) is 3.04. The van der Waals surface area contributed by atoms with E-state index >= 15 is 0 Å². The molecule has 1 rings (SSSR count). The molecule has 90 valence electrons. The van der Waals surface area contributed by atoms with Crippen molar-refractivity contribution in [1.82, 2.24) is 0 Å². The van der Waals surface area contributed by atoms with Gasteiger partial charge in [-0.2, -0.15) is 5.11 Å². The van der Waals surface area contributed by atoms with Crippen LogP contribution in [0.25, 0.3) is 0 Å². The maximum absolute atomic E-state index is 11.2. The molecule has 1 aromatic carbocycles. The maximum Gasteiger partial charge on any atom is 0.362 e. The van der Waals surface area contributed by atoms with Crippen molar-refractivity contribution < 1.29 is 14.6 Å². The highest BCUT2D eigenvalue weighted by molar-refractivity contribution is 5.88. The third-order valence-electron chi connectivity index (χ3n) is 1.99. The highest BCUT2D eigenvalue weighted by atomic mass is 16.5. The van der Waals surface area contributed by atoms with E-state index < -0.39 is 5.97 Å². The first-order valence-corrected chi connectivity index (χ1v) is 5.01. The number of rotatable bonds is 3. The first kappa shape index (κ1) is 12.9. The molecule has 0 spiro atoms. The lowest BCUT2D eigenvalue weighted by Gasteiger charge is -1.99. The van der Waals surface area contributed by atoms with Gasteiger partial charge in [0.2, 0.25) is 5.70 Å². The minimum atomic E-state index is -0.721. The van der Waals surface area contributed by atoms with Crippen molar-refractivity contribution in [3.63, 3.8) is 0 Å². The molecule has 0 aliphatic carbocycles. The van der Waals surface area contributed by atoms with Crippen LogP contribution >= 0.6 is 0 Å². The molecule has 5 nitrogen and oxygen atoms in total. The van der Waals surface area contributed by atoms with Crippen LogP contribution in [-0.4, -0.2) is 18.2 Å². The van der Waals surface area contributed by atoms with Crippen molar-refractivity contribution in [2.75, 3.05) is 7.11 Å². The average Bonchev–Trinajstić information content (AvgIpc) is 2.28. The van der Waals surface area contributed by atoms with E-state index in [0.29, 0.717) is 5.69 Å². The Morgan fingerprint density at radius 2 is 2.12 bits per heavy atom. The van der Waals surface area contributed by atoms with Gasteiger partial charge in [-0.1, -0.05) is 12.1 Å². The quantitative estimate of drug-likeness (QED) is 0.378. The summed E-state index contributed by atoms with van der Waals surface area (Å²) in [7, 11) is 1.22. The zero-order chi connectivity index (χ0) is 12.8. The van der Waals surface area contributed by atoms with Gasteiger partial charge in [-0.25, -0.2) is 4.79 Å². The van der Waals surface area contributed by atoms with Gasteiger partial charge in [-0.15, -0.1) is 5.11 Å². The van der Waals surface area contributed by atoms with Crippen LogP contribution in [0.15, 0.2) is 46.0 Å². The summed E-state index contributed by atoms with van der Waals surface area (Å²) in [5, 5.41) is 16.8. The van der Waals surface area contributed by atoms with Crippen LogP contribution in [0.3, 0.4) is 0 Å². The SMILES string of the molecule is COC(=O)/C(N=Nc1cccc(C)c1)=C(\C)O. The fourth-order valence-corrected chi connectivity index (χ4v) is 1.16. The van der Waals surface area contributed by atoms with Gasteiger partial charge in [-0.05, 0) is 31.5 Å². The standard InChI is InChI=1S/C12H14N2O3/c1-8-5-4-6-10(7-8)13-14-11(9(2)15)12(16)17-3/h4-7,15H,1-3H3/b11-9-,14-13?. The van der Waals surface area contributed by atoms with Gasteiger partial charge < -0.3 is 9.84 Å². The van der Waals surface area contributed by atoms with Gasteiger partial charge in [0.1, 0.15) is 5.76 Å². The van der Waals surface area contributed by atoms with Crippen molar-refractivity contribution in [3.8, 4) is 0 Å².